The number of carbonyl (C=O) groups excluding carboxylic acids is 1. The number of amides is 1. The molecule has 1 aromatic carbocycles. The lowest BCUT2D eigenvalue weighted by molar-refractivity contribution is -0.384. The third-order valence-corrected chi connectivity index (χ3v) is 3.45. The number of hydrogen-bond donors (Lipinski definition) is 1. The molecule has 92 valence electrons. The Morgan fingerprint density at radius 1 is 1.65 bits per heavy atom. The molecule has 0 aromatic heterocycles. The summed E-state index contributed by atoms with van der Waals surface area (Å²) >= 11 is 9.02. The van der Waals surface area contributed by atoms with Gasteiger partial charge in [-0.2, -0.15) is 0 Å². The average molecular weight is 322 g/mol. The lowest BCUT2D eigenvalue weighted by Crippen LogP contribution is -2.22. The summed E-state index contributed by atoms with van der Waals surface area (Å²) < 4.78 is 0. The summed E-state index contributed by atoms with van der Waals surface area (Å²) in [6.07, 6.45) is 0.610. The fourth-order valence-corrected chi connectivity index (χ4v) is 1.40. The predicted octanol–water partition coefficient (Wildman–Crippen LogP) is 3.36. The molecule has 1 rings (SSSR count). The summed E-state index contributed by atoms with van der Waals surface area (Å²) in [6, 6.07) is 3.89. The molecule has 1 amide bonds. The molecule has 0 aliphatic rings. The van der Waals surface area contributed by atoms with Crippen LogP contribution in [0, 0.1) is 10.1 Å². The average Bonchev–Trinajstić information content (AvgIpc) is 2.30. The van der Waals surface area contributed by atoms with E-state index in [0.29, 0.717) is 6.42 Å². The molecule has 0 bridgehead atoms. The molecule has 17 heavy (non-hydrogen) atoms. The minimum atomic E-state index is -0.544. The van der Waals surface area contributed by atoms with Crippen LogP contribution in [0.4, 0.5) is 11.4 Å². The second-order valence-electron chi connectivity index (χ2n) is 3.29. The molecule has 0 saturated heterocycles. The minimum absolute atomic E-state index is 0.118. The van der Waals surface area contributed by atoms with Gasteiger partial charge in [-0.15, -0.1) is 0 Å². The Hall–Kier alpha value is -1.14. The van der Waals surface area contributed by atoms with E-state index >= 15 is 0 Å². The molecule has 0 heterocycles. The van der Waals surface area contributed by atoms with E-state index in [1.165, 1.54) is 18.2 Å². The smallest absolute Gasteiger partial charge is 0.271 e. The predicted molar refractivity (Wildman–Crippen MR) is 69.7 cm³/mol. The van der Waals surface area contributed by atoms with Crippen LogP contribution in [0.1, 0.15) is 13.3 Å². The highest BCUT2D eigenvalue weighted by molar-refractivity contribution is 9.10. The van der Waals surface area contributed by atoms with Gasteiger partial charge < -0.3 is 5.32 Å². The first-order chi connectivity index (χ1) is 7.95. The topological polar surface area (TPSA) is 72.2 Å². The minimum Gasteiger partial charge on any atom is -0.324 e. The van der Waals surface area contributed by atoms with Crippen molar-refractivity contribution in [2.45, 2.75) is 18.2 Å². The van der Waals surface area contributed by atoms with Crippen LogP contribution in [0.5, 0.6) is 0 Å². The van der Waals surface area contributed by atoms with Gasteiger partial charge in [0.25, 0.3) is 5.69 Å². The van der Waals surface area contributed by atoms with Gasteiger partial charge in [-0.25, -0.2) is 0 Å². The summed E-state index contributed by atoms with van der Waals surface area (Å²) in [6.45, 7) is 1.84. The summed E-state index contributed by atoms with van der Waals surface area (Å²) in [5.41, 5.74) is 0.121. The second-order valence-corrected chi connectivity index (χ2v) is 4.80. The van der Waals surface area contributed by atoms with E-state index in [-0.39, 0.29) is 27.1 Å². The maximum absolute atomic E-state index is 11.6. The van der Waals surface area contributed by atoms with Gasteiger partial charge in [0.15, 0.2) is 0 Å². The third-order valence-electron chi connectivity index (χ3n) is 2.06. The van der Waals surface area contributed by atoms with E-state index < -0.39 is 4.92 Å². The van der Waals surface area contributed by atoms with E-state index in [2.05, 4.69) is 21.2 Å². The molecule has 5 nitrogen and oxygen atoms in total. The number of anilines is 1. The van der Waals surface area contributed by atoms with Crippen molar-refractivity contribution in [3.63, 3.8) is 0 Å². The Labute approximate surface area is 111 Å². The summed E-state index contributed by atoms with van der Waals surface area (Å²) in [5, 5.41) is 13.4. The van der Waals surface area contributed by atoms with Crippen molar-refractivity contribution in [3.05, 3.63) is 33.3 Å². The van der Waals surface area contributed by atoms with Gasteiger partial charge in [0, 0.05) is 12.1 Å². The first kappa shape index (κ1) is 13.9. The van der Waals surface area contributed by atoms with Crippen LogP contribution in [0.25, 0.3) is 0 Å². The van der Waals surface area contributed by atoms with Gasteiger partial charge in [0.05, 0.1) is 20.5 Å². The fourth-order valence-electron chi connectivity index (χ4n) is 1.12. The SMILES string of the molecule is CCC(Br)C(=O)Nc1cc([N+](=O)[O-])ccc1Cl. The lowest BCUT2D eigenvalue weighted by atomic mass is 10.2. The van der Waals surface area contributed by atoms with Gasteiger partial charge >= 0.3 is 0 Å². The van der Waals surface area contributed by atoms with Crippen LogP contribution in [-0.4, -0.2) is 15.7 Å². The number of nitro benzene ring substituents is 1. The van der Waals surface area contributed by atoms with Crippen molar-refractivity contribution < 1.29 is 9.72 Å². The normalized spacial score (nSPS) is 11.9. The van der Waals surface area contributed by atoms with Crippen molar-refractivity contribution in [1.29, 1.82) is 0 Å². The van der Waals surface area contributed by atoms with Crippen LogP contribution in [0.15, 0.2) is 18.2 Å². The van der Waals surface area contributed by atoms with Crippen LogP contribution < -0.4 is 5.32 Å². The molecular weight excluding hydrogens is 311 g/mol. The number of alkyl halides is 1. The Balaban J connectivity index is 2.94. The molecular formula is C10H10BrClN2O3. The van der Waals surface area contributed by atoms with Crippen molar-refractivity contribution in [2.24, 2.45) is 0 Å². The number of non-ortho nitro benzene ring substituents is 1. The molecule has 0 spiro atoms. The number of rotatable bonds is 4. The van der Waals surface area contributed by atoms with Crippen molar-refractivity contribution in [2.75, 3.05) is 5.32 Å². The first-order valence-corrected chi connectivity index (χ1v) is 6.14. The number of benzene rings is 1. The highest BCUT2D eigenvalue weighted by Gasteiger charge is 2.16. The number of hydrogen-bond acceptors (Lipinski definition) is 3. The Kier molecular flexibility index (Phi) is 4.89. The van der Waals surface area contributed by atoms with Crippen LogP contribution in [-0.2, 0) is 4.79 Å². The molecule has 0 saturated carbocycles. The standard InChI is InChI=1S/C10H10BrClN2O3/c1-2-7(11)10(15)13-9-5-6(14(16)17)3-4-8(9)12/h3-5,7H,2H2,1H3,(H,13,15). The van der Waals surface area contributed by atoms with Crippen molar-refractivity contribution in [1.82, 2.24) is 0 Å². The maximum Gasteiger partial charge on any atom is 0.271 e. The van der Waals surface area contributed by atoms with Gasteiger partial charge in [-0.05, 0) is 12.5 Å². The zero-order valence-corrected chi connectivity index (χ0v) is 11.3. The second kappa shape index (κ2) is 5.97. The summed E-state index contributed by atoms with van der Waals surface area (Å²) in [5.74, 6) is -0.283. The molecule has 0 aliphatic heterocycles. The lowest BCUT2D eigenvalue weighted by Gasteiger charge is -2.09. The van der Waals surface area contributed by atoms with E-state index in [1.54, 1.807) is 0 Å². The third kappa shape index (κ3) is 3.67. The maximum atomic E-state index is 11.6. The zero-order chi connectivity index (χ0) is 13.0. The van der Waals surface area contributed by atoms with E-state index in [4.69, 9.17) is 11.6 Å². The Morgan fingerprint density at radius 2 is 2.29 bits per heavy atom. The Bertz CT molecular complexity index is 453. The molecule has 1 aromatic rings. The summed E-state index contributed by atoms with van der Waals surface area (Å²) in [7, 11) is 0. The monoisotopic (exact) mass is 320 g/mol. The zero-order valence-electron chi connectivity index (χ0n) is 8.94. The fraction of sp³-hybridized carbons (Fsp3) is 0.300. The number of nitrogens with one attached hydrogen (secondary N) is 1. The Morgan fingerprint density at radius 3 is 2.82 bits per heavy atom. The molecule has 1 N–H and O–H groups in total. The largest absolute Gasteiger partial charge is 0.324 e. The quantitative estimate of drug-likeness (QED) is 0.525. The highest BCUT2D eigenvalue weighted by atomic mass is 79.9. The molecule has 1 atom stereocenters. The molecule has 0 fully saturated rings. The van der Waals surface area contributed by atoms with Crippen molar-refractivity contribution in [3.8, 4) is 0 Å². The van der Waals surface area contributed by atoms with Gasteiger partial charge in [-0.1, -0.05) is 34.5 Å². The molecule has 0 aliphatic carbocycles. The van der Waals surface area contributed by atoms with Crippen LogP contribution in [0.3, 0.4) is 0 Å². The number of carbonyl (C=O) groups is 1. The highest BCUT2D eigenvalue weighted by Crippen LogP contribution is 2.27. The molecule has 1 unspecified atom stereocenters. The summed E-state index contributed by atoms with van der Waals surface area (Å²) in [4.78, 5) is 21.3. The van der Waals surface area contributed by atoms with E-state index in [1.807, 2.05) is 6.92 Å². The van der Waals surface area contributed by atoms with Gasteiger partial charge in [0.2, 0.25) is 5.91 Å². The number of nitro groups is 1. The van der Waals surface area contributed by atoms with E-state index in [9.17, 15) is 14.9 Å². The molecule has 7 heteroatoms. The van der Waals surface area contributed by atoms with Crippen molar-refractivity contribution >= 4 is 44.8 Å². The number of halogens is 2. The van der Waals surface area contributed by atoms with Gasteiger partial charge in [-0.3, -0.25) is 14.9 Å². The van der Waals surface area contributed by atoms with Gasteiger partial charge in [0.1, 0.15) is 0 Å². The number of nitrogens with zero attached hydrogens (tertiary/aromatic N) is 1. The molecule has 0 radical (unpaired) electrons. The van der Waals surface area contributed by atoms with Crippen LogP contribution in [0.2, 0.25) is 5.02 Å². The van der Waals surface area contributed by atoms with E-state index in [0.717, 1.165) is 0 Å². The van der Waals surface area contributed by atoms with Crippen LogP contribution >= 0.6 is 27.5 Å². The first-order valence-electron chi connectivity index (χ1n) is 4.84.